The Morgan fingerprint density at radius 1 is 1.71 bits per heavy atom. The fourth-order valence-electron chi connectivity index (χ4n) is 0. The van der Waals surface area contributed by atoms with Crippen LogP contribution in [-0.2, 0) is 4.79 Å². The first-order valence-electron chi connectivity index (χ1n) is 1.55. The zero-order valence-electron chi connectivity index (χ0n) is 3.96. The summed E-state index contributed by atoms with van der Waals surface area (Å²) in [5, 5.41) is 15.8. The third kappa shape index (κ3) is 6.62. The van der Waals surface area contributed by atoms with Gasteiger partial charge in [-0.05, 0) is 6.92 Å². The van der Waals surface area contributed by atoms with Crippen LogP contribution in [0.2, 0.25) is 0 Å². The Labute approximate surface area is 69.3 Å². The van der Waals surface area contributed by atoms with Gasteiger partial charge in [0.1, 0.15) is 6.10 Å². The van der Waals surface area contributed by atoms with Crippen LogP contribution in [0.3, 0.4) is 0 Å². The van der Waals surface area contributed by atoms with Crippen LogP contribution in [0.25, 0.3) is 0 Å². The first-order valence-corrected chi connectivity index (χ1v) is 1.55. The maximum Gasteiger partial charge on any atom is 0.332 e. The van der Waals surface area contributed by atoms with Gasteiger partial charge in [-0.3, -0.25) is 0 Å². The summed E-state index contributed by atoms with van der Waals surface area (Å²) in [6, 6.07) is 0. The summed E-state index contributed by atoms with van der Waals surface area (Å²) >= 11 is 0. The first kappa shape index (κ1) is 10.6. The molecule has 0 aromatic rings. The predicted octanol–water partition coefficient (Wildman–Crippen LogP) is -0.548. The van der Waals surface area contributed by atoms with Gasteiger partial charge in [0, 0.05) is 35.6 Å². The molecule has 0 aliphatic heterocycles. The van der Waals surface area contributed by atoms with Gasteiger partial charge in [0.25, 0.3) is 0 Å². The van der Waals surface area contributed by atoms with Crippen molar-refractivity contribution in [2.45, 2.75) is 13.0 Å². The summed E-state index contributed by atoms with van der Waals surface area (Å²) in [4.78, 5) is 9.45. The van der Waals surface area contributed by atoms with E-state index >= 15 is 0 Å². The first-order chi connectivity index (χ1) is 2.64. The van der Waals surface area contributed by atoms with Crippen molar-refractivity contribution in [2.24, 2.45) is 0 Å². The predicted molar refractivity (Wildman–Crippen MR) is 19.3 cm³/mol. The molecule has 0 spiro atoms. The number of hydrogen-bond acceptors (Lipinski definition) is 2. The summed E-state index contributed by atoms with van der Waals surface area (Å²) in [6.07, 6.45) is -1.23. The van der Waals surface area contributed by atoms with Crippen LogP contribution >= 0.6 is 0 Å². The molecule has 1 unspecified atom stereocenters. The quantitative estimate of drug-likeness (QED) is 0.634. The van der Waals surface area contributed by atoms with Gasteiger partial charge in [0.05, 0.1) is 0 Å². The van der Waals surface area contributed by atoms with Gasteiger partial charge < -0.3 is 10.2 Å². The van der Waals surface area contributed by atoms with E-state index in [4.69, 9.17) is 10.2 Å². The minimum atomic E-state index is -1.23. The average Bonchev–Trinajstić information content (AvgIpc) is 1.36. The second-order valence-corrected chi connectivity index (χ2v) is 1.01. The molecule has 0 saturated heterocycles. The Bertz CT molecular complexity index is 61.2. The van der Waals surface area contributed by atoms with Crippen molar-refractivity contribution < 1.29 is 50.6 Å². The van der Waals surface area contributed by atoms with E-state index in [2.05, 4.69) is 0 Å². The van der Waals surface area contributed by atoms with Crippen molar-refractivity contribution in [3.8, 4) is 0 Å². The minimum Gasteiger partial charge on any atom is -0.479 e. The molecular formula is C3H6LaO3. The van der Waals surface area contributed by atoms with Gasteiger partial charge >= 0.3 is 5.97 Å². The van der Waals surface area contributed by atoms with Crippen LogP contribution < -0.4 is 0 Å². The van der Waals surface area contributed by atoms with E-state index in [9.17, 15) is 4.79 Å². The molecule has 3 nitrogen and oxygen atoms in total. The Balaban J connectivity index is 0. The van der Waals surface area contributed by atoms with E-state index in [-0.39, 0.29) is 35.6 Å². The molecule has 2 N–H and O–H groups in total. The zero-order chi connectivity index (χ0) is 5.15. The van der Waals surface area contributed by atoms with Crippen LogP contribution in [0.4, 0.5) is 0 Å². The zero-order valence-corrected chi connectivity index (χ0v) is 7.58. The molecule has 0 rings (SSSR count). The topological polar surface area (TPSA) is 57.5 Å². The van der Waals surface area contributed by atoms with Crippen molar-refractivity contribution in [3.05, 3.63) is 0 Å². The average molecular weight is 229 g/mol. The normalized spacial score (nSPS) is 11.7. The summed E-state index contributed by atoms with van der Waals surface area (Å²) in [7, 11) is 0. The Kier molecular flexibility index (Phi) is 7.22. The van der Waals surface area contributed by atoms with Gasteiger partial charge in [-0.2, -0.15) is 0 Å². The molecule has 0 bridgehead atoms. The maximum absolute atomic E-state index is 9.45. The van der Waals surface area contributed by atoms with Crippen molar-refractivity contribution >= 4 is 5.97 Å². The van der Waals surface area contributed by atoms with Gasteiger partial charge in [-0.1, -0.05) is 0 Å². The van der Waals surface area contributed by atoms with E-state index in [1.165, 1.54) is 6.92 Å². The third-order valence-corrected chi connectivity index (χ3v) is 0.357. The SMILES string of the molecule is CC(O)C(=O)O.[La]. The smallest absolute Gasteiger partial charge is 0.332 e. The Morgan fingerprint density at radius 2 is 1.86 bits per heavy atom. The molecule has 0 aliphatic rings. The second kappa shape index (κ2) is 4.78. The molecule has 0 saturated carbocycles. The third-order valence-electron chi connectivity index (χ3n) is 0.357. The Morgan fingerprint density at radius 3 is 1.86 bits per heavy atom. The molecule has 0 heterocycles. The second-order valence-electron chi connectivity index (χ2n) is 1.01. The summed E-state index contributed by atoms with van der Waals surface area (Å²) in [5.74, 6) is -1.19. The Hall–Kier alpha value is 0.625. The van der Waals surface area contributed by atoms with Crippen LogP contribution in [-0.4, -0.2) is 22.3 Å². The fraction of sp³-hybridized carbons (Fsp3) is 0.667. The number of carboxylic acids is 1. The van der Waals surface area contributed by atoms with Crippen molar-refractivity contribution in [1.82, 2.24) is 0 Å². The van der Waals surface area contributed by atoms with Crippen LogP contribution in [0.1, 0.15) is 6.92 Å². The van der Waals surface area contributed by atoms with E-state index in [0.29, 0.717) is 0 Å². The minimum absolute atomic E-state index is 0. The van der Waals surface area contributed by atoms with Crippen LogP contribution in [0.5, 0.6) is 0 Å². The molecule has 1 atom stereocenters. The van der Waals surface area contributed by atoms with Crippen molar-refractivity contribution in [2.75, 3.05) is 0 Å². The maximum atomic E-state index is 9.45. The van der Waals surface area contributed by atoms with E-state index in [1.54, 1.807) is 0 Å². The monoisotopic (exact) mass is 229 g/mol. The number of aliphatic hydroxyl groups excluding tert-OH is 1. The molecular weight excluding hydrogens is 223 g/mol. The number of carboxylic acid groups (broad SMARTS) is 1. The van der Waals surface area contributed by atoms with Crippen LogP contribution in [0.15, 0.2) is 0 Å². The fourth-order valence-corrected chi connectivity index (χ4v) is 0. The van der Waals surface area contributed by atoms with E-state index < -0.39 is 12.1 Å². The van der Waals surface area contributed by atoms with Crippen molar-refractivity contribution in [1.29, 1.82) is 0 Å². The molecule has 0 fully saturated rings. The molecule has 0 aromatic heterocycles. The van der Waals surface area contributed by atoms with Crippen molar-refractivity contribution in [3.63, 3.8) is 0 Å². The summed E-state index contributed by atoms with van der Waals surface area (Å²) in [6.45, 7) is 1.20. The van der Waals surface area contributed by atoms with Crippen LogP contribution in [0, 0.1) is 35.6 Å². The molecule has 1 radical (unpaired) electrons. The number of carbonyl (C=O) groups is 1. The molecule has 39 valence electrons. The number of aliphatic carboxylic acids is 1. The number of rotatable bonds is 1. The molecule has 7 heavy (non-hydrogen) atoms. The summed E-state index contributed by atoms with van der Waals surface area (Å²) in [5.41, 5.74) is 0. The largest absolute Gasteiger partial charge is 0.479 e. The van der Waals surface area contributed by atoms with Gasteiger partial charge in [0.15, 0.2) is 0 Å². The number of hydrogen-bond donors (Lipinski definition) is 2. The standard InChI is InChI=1S/C3H6O3.La/c1-2(4)3(5)6;/h2,4H,1H3,(H,5,6);. The van der Waals surface area contributed by atoms with E-state index in [0.717, 1.165) is 0 Å². The van der Waals surface area contributed by atoms with Gasteiger partial charge in [0.2, 0.25) is 0 Å². The molecule has 4 heteroatoms. The van der Waals surface area contributed by atoms with Gasteiger partial charge in [-0.25, -0.2) is 4.79 Å². The van der Waals surface area contributed by atoms with Gasteiger partial charge in [-0.15, -0.1) is 0 Å². The summed E-state index contributed by atoms with van der Waals surface area (Å²) < 4.78 is 0. The molecule has 0 aromatic carbocycles. The number of aliphatic hydroxyl groups is 1. The molecule has 0 amide bonds. The van der Waals surface area contributed by atoms with E-state index in [1.807, 2.05) is 0 Å². The molecule has 0 aliphatic carbocycles.